The van der Waals surface area contributed by atoms with Crippen molar-refractivity contribution in [3.63, 3.8) is 0 Å². The standard InChI is InChI=1S/C12H23NO3/c1-2-10(11(14)15)13-9-12(16)7-5-3-4-6-8-12/h10,13,16H,2-9H2,1H3,(H,14,15). The van der Waals surface area contributed by atoms with Crippen LogP contribution in [0, 0.1) is 0 Å². The van der Waals surface area contributed by atoms with Gasteiger partial charge < -0.3 is 15.5 Å². The van der Waals surface area contributed by atoms with Crippen molar-refractivity contribution >= 4 is 5.97 Å². The molecule has 0 aliphatic heterocycles. The van der Waals surface area contributed by atoms with Crippen LogP contribution in [0.2, 0.25) is 0 Å². The summed E-state index contributed by atoms with van der Waals surface area (Å²) in [4.78, 5) is 10.8. The summed E-state index contributed by atoms with van der Waals surface area (Å²) in [6.07, 6.45) is 6.57. The summed E-state index contributed by atoms with van der Waals surface area (Å²) >= 11 is 0. The highest BCUT2D eigenvalue weighted by molar-refractivity contribution is 5.73. The van der Waals surface area contributed by atoms with Gasteiger partial charge in [0.2, 0.25) is 0 Å². The first-order valence-corrected chi connectivity index (χ1v) is 6.26. The van der Waals surface area contributed by atoms with Crippen molar-refractivity contribution in [1.29, 1.82) is 0 Å². The number of carboxylic acids is 1. The van der Waals surface area contributed by atoms with Crippen LogP contribution in [0.15, 0.2) is 0 Å². The van der Waals surface area contributed by atoms with Gasteiger partial charge in [0.1, 0.15) is 6.04 Å². The number of rotatable bonds is 5. The van der Waals surface area contributed by atoms with Crippen molar-refractivity contribution in [2.45, 2.75) is 63.5 Å². The van der Waals surface area contributed by atoms with E-state index in [1.54, 1.807) is 0 Å². The van der Waals surface area contributed by atoms with Crippen LogP contribution in [0.4, 0.5) is 0 Å². The zero-order chi connectivity index (χ0) is 12.0. The van der Waals surface area contributed by atoms with Crippen molar-refractivity contribution < 1.29 is 15.0 Å². The molecule has 0 aromatic rings. The molecule has 1 aliphatic carbocycles. The zero-order valence-electron chi connectivity index (χ0n) is 10.0. The SMILES string of the molecule is CCC(NCC1(O)CCCCCC1)C(=O)O. The van der Waals surface area contributed by atoms with E-state index in [4.69, 9.17) is 5.11 Å². The Kier molecular flexibility index (Phi) is 5.22. The van der Waals surface area contributed by atoms with Crippen LogP contribution in [0.1, 0.15) is 51.9 Å². The molecule has 0 heterocycles. The van der Waals surface area contributed by atoms with E-state index < -0.39 is 17.6 Å². The van der Waals surface area contributed by atoms with Crippen molar-refractivity contribution in [3.8, 4) is 0 Å². The van der Waals surface area contributed by atoms with Gasteiger partial charge in [-0.2, -0.15) is 0 Å². The number of nitrogens with one attached hydrogen (secondary N) is 1. The molecular formula is C12H23NO3. The number of carboxylic acid groups (broad SMARTS) is 1. The summed E-state index contributed by atoms with van der Waals surface area (Å²) < 4.78 is 0. The van der Waals surface area contributed by atoms with Gasteiger partial charge in [-0.15, -0.1) is 0 Å². The minimum absolute atomic E-state index is 0.401. The van der Waals surface area contributed by atoms with Gasteiger partial charge >= 0.3 is 5.97 Å². The lowest BCUT2D eigenvalue weighted by atomic mass is 9.94. The van der Waals surface area contributed by atoms with E-state index in [-0.39, 0.29) is 0 Å². The smallest absolute Gasteiger partial charge is 0.320 e. The molecule has 1 saturated carbocycles. The predicted molar refractivity (Wildman–Crippen MR) is 62.4 cm³/mol. The van der Waals surface area contributed by atoms with Crippen LogP contribution >= 0.6 is 0 Å². The molecule has 1 aliphatic rings. The van der Waals surface area contributed by atoms with Crippen LogP contribution in [0.25, 0.3) is 0 Å². The van der Waals surface area contributed by atoms with E-state index in [0.717, 1.165) is 25.7 Å². The Bertz CT molecular complexity index is 222. The van der Waals surface area contributed by atoms with E-state index in [1.165, 1.54) is 12.8 Å². The number of carbonyl (C=O) groups is 1. The molecule has 16 heavy (non-hydrogen) atoms. The molecule has 3 N–H and O–H groups in total. The third kappa shape index (κ3) is 4.10. The fraction of sp³-hybridized carbons (Fsp3) is 0.917. The quantitative estimate of drug-likeness (QED) is 0.625. The van der Waals surface area contributed by atoms with E-state index in [1.807, 2.05) is 6.92 Å². The summed E-state index contributed by atoms with van der Waals surface area (Å²) in [6.45, 7) is 2.24. The average Bonchev–Trinajstić information content (AvgIpc) is 2.44. The fourth-order valence-corrected chi connectivity index (χ4v) is 2.28. The lowest BCUT2D eigenvalue weighted by molar-refractivity contribution is -0.139. The molecular weight excluding hydrogens is 206 g/mol. The Balaban J connectivity index is 2.41. The fourth-order valence-electron chi connectivity index (χ4n) is 2.28. The topological polar surface area (TPSA) is 69.6 Å². The molecule has 1 fully saturated rings. The molecule has 94 valence electrons. The van der Waals surface area contributed by atoms with Gasteiger partial charge in [0.05, 0.1) is 5.60 Å². The lowest BCUT2D eigenvalue weighted by Crippen LogP contribution is -2.46. The maximum Gasteiger partial charge on any atom is 0.320 e. The maximum absolute atomic E-state index is 10.8. The van der Waals surface area contributed by atoms with Crippen LogP contribution < -0.4 is 5.32 Å². The molecule has 1 atom stereocenters. The van der Waals surface area contributed by atoms with Gasteiger partial charge in [0.25, 0.3) is 0 Å². The molecule has 0 radical (unpaired) electrons. The Hall–Kier alpha value is -0.610. The first kappa shape index (κ1) is 13.5. The van der Waals surface area contributed by atoms with Crippen molar-refractivity contribution in [3.05, 3.63) is 0 Å². The average molecular weight is 229 g/mol. The molecule has 0 aromatic heterocycles. The summed E-state index contributed by atoms with van der Waals surface area (Å²) in [5, 5.41) is 22.2. The highest BCUT2D eigenvalue weighted by atomic mass is 16.4. The minimum atomic E-state index is -0.834. The zero-order valence-corrected chi connectivity index (χ0v) is 10.0. The normalized spacial score (nSPS) is 22.4. The lowest BCUT2D eigenvalue weighted by Gasteiger charge is -2.28. The Morgan fingerprint density at radius 1 is 1.31 bits per heavy atom. The van der Waals surface area contributed by atoms with Crippen molar-refractivity contribution in [1.82, 2.24) is 5.32 Å². The molecule has 4 nitrogen and oxygen atoms in total. The molecule has 4 heteroatoms. The van der Waals surface area contributed by atoms with Gasteiger partial charge in [-0.25, -0.2) is 0 Å². The second-order valence-corrected chi connectivity index (χ2v) is 4.82. The number of hydrogen-bond donors (Lipinski definition) is 3. The molecule has 0 amide bonds. The van der Waals surface area contributed by atoms with Crippen LogP contribution in [-0.2, 0) is 4.79 Å². The summed E-state index contributed by atoms with van der Waals surface area (Å²) in [7, 11) is 0. The van der Waals surface area contributed by atoms with E-state index in [0.29, 0.717) is 13.0 Å². The van der Waals surface area contributed by atoms with Gasteiger partial charge in [-0.3, -0.25) is 4.79 Å². The molecule has 1 rings (SSSR count). The van der Waals surface area contributed by atoms with Gasteiger partial charge in [-0.1, -0.05) is 32.6 Å². The van der Waals surface area contributed by atoms with Crippen LogP contribution in [-0.4, -0.2) is 34.4 Å². The Labute approximate surface area is 97.0 Å². The highest BCUT2D eigenvalue weighted by Crippen LogP contribution is 2.26. The van der Waals surface area contributed by atoms with E-state index in [9.17, 15) is 9.90 Å². The van der Waals surface area contributed by atoms with Crippen molar-refractivity contribution in [2.75, 3.05) is 6.54 Å². The van der Waals surface area contributed by atoms with E-state index >= 15 is 0 Å². The van der Waals surface area contributed by atoms with Gasteiger partial charge in [0, 0.05) is 6.54 Å². The number of aliphatic carboxylic acids is 1. The minimum Gasteiger partial charge on any atom is -0.480 e. The third-order valence-corrected chi connectivity index (χ3v) is 3.42. The molecule has 0 aromatic carbocycles. The first-order valence-electron chi connectivity index (χ1n) is 6.26. The number of hydrogen-bond acceptors (Lipinski definition) is 3. The first-order chi connectivity index (χ1) is 7.57. The molecule has 0 bridgehead atoms. The monoisotopic (exact) mass is 229 g/mol. The second kappa shape index (κ2) is 6.21. The second-order valence-electron chi connectivity index (χ2n) is 4.82. The predicted octanol–water partition coefficient (Wildman–Crippen LogP) is 1.52. The van der Waals surface area contributed by atoms with Crippen molar-refractivity contribution in [2.24, 2.45) is 0 Å². The summed E-state index contributed by atoms with van der Waals surface area (Å²) in [5.74, 6) is -0.834. The summed E-state index contributed by atoms with van der Waals surface area (Å²) in [5.41, 5.74) is -0.695. The highest BCUT2D eigenvalue weighted by Gasteiger charge is 2.29. The third-order valence-electron chi connectivity index (χ3n) is 3.42. The van der Waals surface area contributed by atoms with Gasteiger partial charge in [-0.05, 0) is 19.3 Å². The summed E-state index contributed by atoms with van der Waals surface area (Å²) in [6, 6.07) is -0.535. The van der Waals surface area contributed by atoms with Gasteiger partial charge in [0.15, 0.2) is 0 Å². The largest absolute Gasteiger partial charge is 0.480 e. The van der Waals surface area contributed by atoms with E-state index in [2.05, 4.69) is 5.32 Å². The van der Waals surface area contributed by atoms with Crippen LogP contribution in [0.5, 0.6) is 0 Å². The maximum atomic E-state index is 10.8. The van der Waals surface area contributed by atoms with Crippen LogP contribution in [0.3, 0.4) is 0 Å². The Morgan fingerprint density at radius 2 is 1.88 bits per heavy atom. The number of aliphatic hydroxyl groups is 1. The molecule has 0 spiro atoms. The Morgan fingerprint density at radius 3 is 2.31 bits per heavy atom. The molecule has 0 saturated heterocycles. The molecule has 1 unspecified atom stereocenters.